The van der Waals surface area contributed by atoms with Crippen molar-refractivity contribution in [2.75, 3.05) is 13.2 Å². The van der Waals surface area contributed by atoms with Crippen molar-refractivity contribution in [3.8, 4) is 5.75 Å². The first-order valence-corrected chi connectivity index (χ1v) is 5.28. The average Bonchev–Trinajstić information content (AvgIpc) is 2.29. The summed E-state index contributed by atoms with van der Waals surface area (Å²) >= 11 is 0. The maximum Gasteiger partial charge on any atom is 0.338 e. The van der Waals surface area contributed by atoms with Crippen molar-refractivity contribution in [2.24, 2.45) is 0 Å². The van der Waals surface area contributed by atoms with Gasteiger partial charge in [0.2, 0.25) is 0 Å². The van der Waals surface area contributed by atoms with Crippen LogP contribution in [0.4, 0.5) is 0 Å². The van der Waals surface area contributed by atoms with Gasteiger partial charge in [-0.15, -0.1) is 0 Å². The molecule has 3 nitrogen and oxygen atoms in total. The Morgan fingerprint density at radius 1 is 1.25 bits per heavy atom. The van der Waals surface area contributed by atoms with Crippen molar-refractivity contribution in [1.82, 2.24) is 0 Å². The smallest absolute Gasteiger partial charge is 0.338 e. The molecule has 0 unspecified atom stereocenters. The fourth-order valence-corrected chi connectivity index (χ4v) is 1.33. The van der Waals surface area contributed by atoms with Crippen LogP contribution in [-0.2, 0) is 9.53 Å². The monoisotopic (exact) mass is 220 g/mol. The van der Waals surface area contributed by atoms with Gasteiger partial charge in [0.25, 0.3) is 0 Å². The number of para-hydroxylation sites is 1. The molecule has 0 fully saturated rings. The maximum absolute atomic E-state index is 11.5. The molecule has 1 aromatic carbocycles. The van der Waals surface area contributed by atoms with Gasteiger partial charge in [0.05, 0.1) is 18.8 Å². The molecule has 0 aliphatic heterocycles. The molecule has 0 saturated carbocycles. The Kier molecular flexibility index (Phi) is 4.58. The molecular weight excluding hydrogens is 204 g/mol. The first-order valence-electron chi connectivity index (χ1n) is 5.28. The molecule has 0 spiro atoms. The molecule has 0 radical (unpaired) electrons. The summed E-state index contributed by atoms with van der Waals surface area (Å²) < 4.78 is 10.3. The standard InChI is InChI=1S/C13H16O3/c1-4-15-12-9-7-6-8-11(12)10(3)13(14)16-5-2/h6-9H,3-5H2,1-2H3. The fraction of sp³-hybridized carbons (Fsp3) is 0.308. The van der Waals surface area contributed by atoms with Gasteiger partial charge in [-0.3, -0.25) is 0 Å². The third kappa shape index (κ3) is 2.86. The van der Waals surface area contributed by atoms with Gasteiger partial charge in [-0.25, -0.2) is 4.79 Å². The number of rotatable bonds is 5. The van der Waals surface area contributed by atoms with Crippen LogP contribution in [0.1, 0.15) is 19.4 Å². The summed E-state index contributed by atoms with van der Waals surface area (Å²) in [6.07, 6.45) is 0. The summed E-state index contributed by atoms with van der Waals surface area (Å²) in [5.74, 6) is 0.248. The highest BCUT2D eigenvalue weighted by Crippen LogP contribution is 2.25. The van der Waals surface area contributed by atoms with Crippen molar-refractivity contribution < 1.29 is 14.3 Å². The molecule has 0 atom stereocenters. The molecule has 0 aliphatic rings. The summed E-state index contributed by atoms with van der Waals surface area (Å²) in [6.45, 7) is 8.28. The van der Waals surface area contributed by atoms with E-state index >= 15 is 0 Å². The van der Waals surface area contributed by atoms with E-state index in [2.05, 4.69) is 6.58 Å². The van der Waals surface area contributed by atoms with Crippen LogP contribution in [0.3, 0.4) is 0 Å². The zero-order chi connectivity index (χ0) is 12.0. The molecule has 0 aromatic heterocycles. The first kappa shape index (κ1) is 12.3. The second kappa shape index (κ2) is 5.95. The minimum atomic E-state index is -0.408. The Morgan fingerprint density at radius 2 is 1.94 bits per heavy atom. The molecule has 0 saturated heterocycles. The van der Waals surface area contributed by atoms with Crippen LogP contribution in [0.5, 0.6) is 5.75 Å². The van der Waals surface area contributed by atoms with Gasteiger partial charge in [0.1, 0.15) is 5.75 Å². The van der Waals surface area contributed by atoms with E-state index < -0.39 is 5.97 Å². The minimum Gasteiger partial charge on any atom is -0.493 e. The van der Waals surface area contributed by atoms with Crippen LogP contribution in [0.2, 0.25) is 0 Å². The summed E-state index contributed by atoms with van der Waals surface area (Å²) in [5.41, 5.74) is 1.01. The van der Waals surface area contributed by atoms with E-state index in [0.717, 1.165) is 0 Å². The highest BCUT2D eigenvalue weighted by molar-refractivity contribution is 6.16. The van der Waals surface area contributed by atoms with E-state index in [1.165, 1.54) is 0 Å². The zero-order valence-electron chi connectivity index (χ0n) is 9.66. The van der Waals surface area contributed by atoms with Crippen molar-refractivity contribution in [2.45, 2.75) is 13.8 Å². The summed E-state index contributed by atoms with van der Waals surface area (Å²) in [7, 11) is 0. The van der Waals surface area contributed by atoms with Crippen molar-refractivity contribution in [3.05, 3.63) is 36.4 Å². The molecule has 0 N–H and O–H groups in total. The van der Waals surface area contributed by atoms with Crippen LogP contribution >= 0.6 is 0 Å². The Labute approximate surface area is 95.7 Å². The molecule has 16 heavy (non-hydrogen) atoms. The van der Waals surface area contributed by atoms with Gasteiger partial charge in [-0.2, -0.15) is 0 Å². The van der Waals surface area contributed by atoms with E-state index in [4.69, 9.17) is 9.47 Å². The lowest BCUT2D eigenvalue weighted by atomic mass is 10.1. The summed E-state index contributed by atoms with van der Waals surface area (Å²) in [6, 6.07) is 7.29. The number of hydrogen-bond donors (Lipinski definition) is 0. The fourth-order valence-electron chi connectivity index (χ4n) is 1.33. The molecule has 86 valence electrons. The van der Waals surface area contributed by atoms with Crippen LogP contribution in [0.15, 0.2) is 30.8 Å². The van der Waals surface area contributed by atoms with Crippen molar-refractivity contribution in [1.29, 1.82) is 0 Å². The summed E-state index contributed by atoms with van der Waals surface area (Å²) in [5, 5.41) is 0. The molecule has 1 rings (SSSR count). The number of hydrogen-bond acceptors (Lipinski definition) is 3. The predicted octanol–water partition coefficient (Wildman–Crippen LogP) is 2.66. The molecule has 1 aromatic rings. The molecular formula is C13H16O3. The van der Waals surface area contributed by atoms with Crippen LogP contribution < -0.4 is 4.74 Å². The summed E-state index contributed by atoms with van der Waals surface area (Å²) in [4.78, 5) is 11.5. The Balaban J connectivity index is 2.94. The Bertz CT molecular complexity index is 383. The van der Waals surface area contributed by atoms with Crippen LogP contribution in [-0.4, -0.2) is 19.2 Å². The molecule has 0 aliphatic carbocycles. The highest BCUT2D eigenvalue weighted by atomic mass is 16.5. The number of benzene rings is 1. The third-order valence-electron chi connectivity index (χ3n) is 2.03. The lowest BCUT2D eigenvalue weighted by Crippen LogP contribution is -2.07. The second-order valence-electron chi connectivity index (χ2n) is 3.13. The van der Waals surface area contributed by atoms with E-state index in [9.17, 15) is 4.79 Å². The van der Waals surface area contributed by atoms with E-state index in [0.29, 0.717) is 30.1 Å². The normalized spacial score (nSPS) is 9.62. The van der Waals surface area contributed by atoms with Crippen LogP contribution in [0, 0.1) is 0 Å². The van der Waals surface area contributed by atoms with Gasteiger partial charge in [-0.05, 0) is 19.9 Å². The highest BCUT2D eigenvalue weighted by Gasteiger charge is 2.14. The number of ether oxygens (including phenoxy) is 2. The predicted molar refractivity (Wildman–Crippen MR) is 63.3 cm³/mol. The van der Waals surface area contributed by atoms with E-state index in [1.807, 2.05) is 25.1 Å². The lowest BCUT2D eigenvalue weighted by molar-refractivity contribution is -0.136. The molecule has 0 bridgehead atoms. The number of carbonyl (C=O) groups excluding carboxylic acids is 1. The van der Waals surface area contributed by atoms with Gasteiger partial charge >= 0.3 is 5.97 Å². The Morgan fingerprint density at radius 3 is 2.56 bits per heavy atom. The largest absolute Gasteiger partial charge is 0.493 e. The number of esters is 1. The number of carbonyl (C=O) groups is 1. The van der Waals surface area contributed by atoms with E-state index in [-0.39, 0.29) is 0 Å². The van der Waals surface area contributed by atoms with Gasteiger partial charge < -0.3 is 9.47 Å². The average molecular weight is 220 g/mol. The van der Waals surface area contributed by atoms with Gasteiger partial charge in [-0.1, -0.05) is 24.8 Å². The second-order valence-corrected chi connectivity index (χ2v) is 3.13. The van der Waals surface area contributed by atoms with Gasteiger partial charge in [0.15, 0.2) is 0 Å². The third-order valence-corrected chi connectivity index (χ3v) is 2.03. The molecule has 0 amide bonds. The minimum absolute atomic E-state index is 0.325. The van der Waals surface area contributed by atoms with Crippen LogP contribution in [0.25, 0.3) is 5.57 Å². The van der Waals surface area contributed by atoms with Gasteiger partial charge in [0, 0.05) is 5.56 Å². The molecule has 3 heteroatoms. The topological polar surface area (TPSA) is 35.5 Å². The van der Waals surface area contributed by atoms with Crippen molar-refractivity contribution >= 4 is 11.5 Å². The zero-order valence-corrected chi connectivity index (χ0v) is 9.66. The lowest BCUT2D eigenvalue weighted by Gasteiger charge is -2.11. The molecule has 0 heterocycles. The van der Waals surface area contributed by atoms with Crippen molar-refractivity contribution in [3.63, 3.8) is 0 Å². The first-order chi connectivity index (χ1) is 7.70. The maximum atomic E-state index is 11.5. The SMILES string of the molecule is C=C(C(=O)OCC)c1ccccc1OCC. The Hall–Kier alpha value is -1.77. The van der Waals surface area contributed by atoms with E-state index in [1.54, 1.807) is 13.0 Å². The quantitative estimate of drug-likeness (QED) is 0.565.